The van der Waals surface area contributed by atoms with Crippen molar-refractivity contribution in [3.05, 3.63) is 90.0 Å². The Morgan fingerprint density at radius 2 is 1.35 bits per heavy atom. The molecule has 0 radical (unpaired) electrons. The molecule has 0 fully saturated rings. The maximum atomic E-state index is 5.98. The van der Waals surface area contributed by atoms with Crippen LogP contribution in [0.2, 0.25) is 0 Å². The van der Waals surface area contributed by atoms with E-state index < -0.39 is 0 Å². The summed E-state index contributed by atoms with van der Waals surface area (Å²) in [5, 5.41) is 0.297. The Balaban J connectivity index is 1.59. The van der Waals surface area contributed by atoms with E-state index in [0.717, 1.165) is 12.2 Å². The minimum Gasteiger partial charge on any atom is -0.493 e. The minimum atomic E-state index is 0.297. The summed E-state index contributed by atoms with van der Waals surface area (Å²) in [7, 11) is 0. The predicted molar refractivity (Wildman–Crippen MR) is 114 cm³/mol. The zero-order valence-corrected chi connectivity index (χ0v) is 16.3. The maximum absolute atomic E-state index is 5.98. The van der Waals surface area contributed by atoms with E-state index in [-0.39, 0.29) is 0 Å². The van der Waals surface area contributed by atoms with Gasteiger partial charge in [0.25, 0.3) is 0 Å². The van der Waals surface area contributed by atoms with Crippen molar-refractivity contribution in [2.45, 2.75) is 31.4 Å². The van der Waals surface area contributed by atoms with Gasteiger partial charge in [0, 0.05) is 11.2 Å². The molecule has 26 heavy (non-hydrogen) atoms. The molecule has 0 aliphatic heterocycles. The maximum Gasteiger partial charge on any atom is 0.119 e. The zero-order valence-electron chi connectivity index (χ0n) is 15.4. The Morgan fingerprint density at radius 1 is 0.769 bits per heavy atom. The molecule has 0 amide bonds. The van der Waals surface area contributed by atoms with Gasteiger partial charge in [-0.3, -0.25) is 0 Å². The lowest BCUT2D eigenvalue weighted by molar-refractivity contribution is 0.295. The molecule has 3 aromatic carbocycles. The van der Waals surface area contributed by atoms with Gasteiger partial charge in [-0.25, -0.2) is 0 Å². The standard InChI is InChI=1S/C24H26OS/c1-3-24(26)22-13-15-23(16-14-22)25-17-18(2)19-9-11-21(12-10-19)20-7-5-4-6-8-20/h4-16,18,24,26H,3,17H2,1-2H3. The monoisotopic (exact) mass is 362 g/mol. The fourth-order valence-electron chi connectivity index (χ4n) is 2.97. The third kappa shape index (κ3) is 4.70. The van der Waals surface area contributed by atoms with Crippen LogP contribution in [0.15, 0.2) is 78.9 Å². The molecule has 2 atom stereocenters. The van der Waals surface area contributed by atoms with Crippen molar-refractivity contribution in [3.63, 3.8) is 0 Å². The summed E-state index contributed by atoms with van der Waals surface area (Å²) < 4.78 is 5.98. The Bertz CT molecular complexity index is 794. The average Bonchev–Trinajstić information content (AvgIpc) is 2.72. The van der Waals surface area contributed by atoms with Crippen molar-refractivity contribution in [1.29, 1.82) is 0 Å². The second-order valence-corrected chi connectivity index (χ2v) is 7.32. The Morgan fingerprint density at radius 3 is 1.96 bits per heavy atom. The SMILES string of the molecule is CCC(S)c1ccc(OCC(C)c2ccc(-c3ccccc3)cc2)cc1. The van der Waals surface area contributed by atoms with E-state index in [1.54, 1.807) is 0 Å². The van der Waals surface area contributed by atoms with Crippen LogP contribution in [0.25, 0.3) is 11.1 Å². The van der Waals surface area contributed by atoms with Crippen LogP contribution < -0.4 is 4.74 Å². The van der Waals surface area contributed by atoms with Crippen LogP contribution in [0.3, 0.4) is 0 Å². The normalized spacial score (nSPS) is 13.2. The van der Waals surface area contributed by atoms with Crippen molar-refractivity contribution >= 4 is 12.6 Å². The fraction of sp³-hybridized carbons (Fsp3) is 0.250. The molecule has 0 bridgehead atoms. The van der Waals surface area contributed by atoms with Crippen LogP contribution in [0, 0.1) is 0 Å². The minimum absolute atomic E-state index is 0.297. The van der Waals surface area contributed by atoms with Crippen molar-refractivity contribution in [2.24, 2.45) is 0 Å². The lowest BCUT2D eigenvalue weighted by Crippen LogP contribution is -2.07. The molecule has 2 heteroatoms. The van der Waals surface area contributed by atoms with Gasteiger partial charge in [0.15, 0.2) is 0 Å². The van der Waals surface area contributed by atoms with Gasteiger partial charge in [-0.15, -0.1) is 0 Å². The van der Waals surface area contributed by atoms with Crippen LogP contribution in [0.1, 0.15) is 42.6 Å². The predicted octanol–water partition coefficient (Wildman–Crippen LogP) is 6.92. The quantitative estimate of drug-likeness (QED) is 0.449. The third-order valence-electron chi connectivity index (χ3n) is 4.74. The molecule has 0 saturated heterocycles. The van der Waals surface area contributed by atoms with Gasteiger partial charge in [0.2, 0.25) is 0 Å². The van der Waals surface area contributed by atoms with Crippen molar-refractivity contribution in [3.8, 4) is 16.9 Å². The van der Waals surface area contributed by atoms with E-state index in [1.807, 2.05) is 18.2 Å². The van der Waals surface area contributed by atoms with E-state index in [9.17, 15) is 0 Å². The molecule has 0 aliphatic rings. The van der Waals surface area contributed by atoms with Gasteiger partial charge in [0.05, 0.1) is 6.61 Å². The van der Waals surface area contributed by atoms with Gasteiger partial charge < -0.3 is 4.74 Å². The zero-order chi connectivity index (χ0) is 18.4. The van der Waals surface area contributed by atoms with Gasteiger partial charge in [-0.05, 0) is 40.8 Å². The average molecular weight is 363 g/mol. The second-order valence-electron chi connectivity index (χ2n) is 6.69. The molecule has 0 aliphatic carbocycles. The van der Waals surface area contributed by atoms with E-state index in [2.05, 4.69) is 87.1 Å². The van der Waals surface area contributed by atoms with Crippen LogP contribution in [0.4, 0.5) is 0 Å². The van der Waals surface area contributed by atoms with Crippen LogP contribution >= 0.6 is 12.6 Å². The number of hydrogen-bond donors (Lipinski definition) is 1. The van der Waals surface area contributed by atoms with Crippen LogP contribution in [-0.2, 0) is 0 Å². The molecule has 0 heterocycles. The molecule has 0 N–H and O–H groups in total. The third-order valence-corrected chi connectivity index (χ3v) is 5.40. The molecular formula is C24H26OS. The Hall–Kier alpha value is -2.19. The first-order chi connectivity index (χ1) is 12.7. The summed E-state index contributed by atoms with van der Waals surface area (Å²) in [6, 6.07) is 27.5. The first-order valence-electron chi connectivity index (χ1n) is 9.23. The molecule has 0 spiro atoms. The summed E-state index contributed by atoms with van der Waals surface area (Å²) in [5.41, 5.74) is 5.03. The summed E-state index contributed by atoms with van der Waals surface area (Å²) in [6.45, 7) is 5.02. The molecule has 134 valence electrons. The van der Waals surface area contributed by atoms with Crippen molar-refractivity contribution in [1.82, 2.24) is 0 Å². The van der Waals surface area contributed by atoms with Gasteiger partial charge in [-0.1, -0.05) is 80.6 Å². The molecular weight excluding hydrogens is 336 g/mol. The second kappa shape index (κ2) is 8.95. The Labute approximate surface area is 162 Å². The first-order valence-corrected chi connectivity index (χ1v) is 9.75. The Kier molecular flexibility index (Phi) is 6.40. The lowest BCUT2D eigenvalue weighted by atomic mass is 9.98. The van der Waals surface area contributed by atoms with Crippen LogP contribution in [-0.4, -0.2) is 6.61 Å². The largest absolute Gasteiger partial charge is 0.493 e. The van der Waals surface area contributed by atoms with Gasteiger partial charge in [0.1, 0.15) is 5.75 Å². The highest BCUT2D eigenvalue weighted by atomic mass is 32.1. The molecule has 0 aromatic heterocycles. The molecule has 3 aromatic rings. The summed E-state index contributed by atoms with van der Waals surface area (Å²) in [4.78, 5) is 0. The molecule has 0 saturated carbocycles. The van der Waals surface area contributed by atoms with E-state index in [4.69, 9.17) is 4.74 Å². The van der Waals surface area contributed by atoms with E-state index in [0.29, 0.717) is 17.8 Å². The van der Waals surface area contributed by atoms with Gasteiger partial charge in [-0.2, -0.15) is 12.6 Å². The highest BCUT2D eigenvalue weighted by Gasteiger charge is 2.08. The van der Waals surface area contributed by atoms with Crippen LogP contribution in [0.5, 0.6) is 5.75 Å². The van der Waals surface area contributed by atoms with Gasteiger partial charge >= 0.3 is 0 Å². The number of benzene rings is 3. The van der Waals surface area contributed by atoms with E-state index >= 15 is 0 Å². The number of hydrogen-bond acceptors (Lipinski definition) is 2. The number of ether oxygens (including phenoxy) is 1. The smallest absolute Gasteiger partial charge is 0.119 e. The number of thiol groups is 1. The molecule has 2 unspecified atom stereocenters. The lowest BCUT2D eigenvalue weighted by Gasteiger charge is -2.15. The summed E-state index contributed by atoms with van der Waals surface area (Å²) >= 11 is 4.58. The first kappa shape index (κ1) is 18.6. The van der Waals surface area contributed by atoms with Crippen molar-refractivity contribution in [2.75, 3.05) is 6.61 Å². The highest BCUT2D eigenvalue weighted by molar-refractivity contribution is 7.80. The fourth-order valence-corrected chi connectivity index (χ4v) is 3.15. The van der Waals surface area contributed by atoms with Crippen molar-refractivity contribution < 1.29 is 4.74 Å². The molecule has 3 rings (SSSR count). The molecule has 1 nitrogen and oxygen atoms in total. The number of rotatable bonds is 7. The topological polar surface area (TPSA) is 9.23 Å². The summed E-state index contributed by atoms with van der Waals surface area (Å²) in [5.74, 6) is 1.26. The summed E-state index contributed by atoms with van der Waals surface area (Å²) in [6.07, 6.45) is 1.03. The van der Waals surface area contributed by atoms with E-state index in [1.165, 1.54) is 22.3 Å². The highest BCUT2D eigenvalue weighted by Crippen LogP contribution is 2.26.